The summed E-state index contributed by atoms with van der Waals surface area (Å²) in [5, 5.41) is 10.4. The van der Waals surface area contributed by atoms with Crippen LogP contribution in [0.4, 0.5) is 0 Å². The number of aliphatic hydroxyl groups is 1. The van der Waals surface area contributed by atoms with E-state index in [0.717, 1.165) is 25.2 Å². The van der Waals surface area contributed by atoms with Crippen molar-refractivity contribution in [2.24, 2.45) is 28.6 Å². The summed E-state index contributed by atoms with van der Waals surface area (Å²) in [6.07, 6.45) is 12.6. The third kappa shape index (κ3) is 1.72. The fraction of sp³-hybridized carbons (Fsp3) is 0.737. The second-order valence-electron chi connectivity index (χ2n) is 8.24. The zero-order valence-corrected chi connectivity index (χ0v) is 13.1. The van der Waals surface area contributed by atoms with Crippen LogP contribution in [0.25, 0.3) is 0 Å². The average Bonchev–Trinajstić information content (AvgIpc) is 2.76. The largest absolute Gasteiger partial charge is 0.393 e. The molecule has 2 nitrogen and oxygen atoms in total. The Morgan fingerprint density at radius 3 is 2.76 bits per heavy atom. The molecule has 0 amide bonds. The highest BCUT2D eigenvalue weighted by Crippen LogP contribution is 2.64. The summed E-state index contributed by atoms with van der Waals surface area (Å²) in [5.74, 6) is 2.22. The Morgan fingerprint density at radius 2 is 1.95 bits per heavy atom. The highest BCUT2D eigenvalue weighted by Gasteiger charge is 2.58. The smallest absolute Gasteiger partial charge is 0.178 e. The van der Waals surface area contributed by atoms with Gasteiger partial charge in [0.2, 0.25) is 0 Å². The quantitative estimate of drug-likeness (QED) is 0.738. The number of aliphatic hydroxyl groups excluding tert-OH is 1. The highest BCUT2D eigenvalue weighted by atomic mass is 16.3. The number of carbonyl (C=O) groups is 1. The fourth-order valence-corrected chi connectivity index (χ4v) is 6.17. The van der Waals surface area contributed by atoms with E-state index in [4.69, 9.17) is 0 Å². The molecule has 0 bridgehead atoms. The Kier molecular flexibility index (Phi) is 2.83. The van der Waals surface area contributed by atoms with E-state index in [1.54, 1.807) is 6.08 Å². The molecule has 5 unspecified atom stereocenters. The number of allylic oxidation sites excluding steroid dienone is 4. The van der Waals surface area contributed by atoms with Crippen LogP contribution in [-0.2, 0) is 4.79 Å². The van der Waals surface area contributed by atoms with Gasteiger partial charge in [-0.2, -0.15) is 0 Å². The van der Waals surface area contributed by atoms with E-state index in [-0.39, 0.29) is 22.7 Å². The number of ketones is 1. The van der Waals surface area contributed by atoms with E-state index in [1.807, 2.05) is 6.08 Å². The third-order valence-electron chi connectivity index (χ3n) is 7.51. The molecule has 0 spiro atoms. The minimum absolute atomic E-state index is 0.0890. The maximum absolute atomic E-state index is 11.7. The fourth-order valence-electron chi connectivity index (χ4n) is 6.17. The van der Waals surface area contributed by atoms with Gasteiger partial charge in [0.15, 0.2) is 5.78 Å². The van der Waals surface area contributed by atoms with Gasteiger partial charge in [-0.05, 0) is 73.8 Å². The topological polar surface area (TPSA) is 37.3 Å². The molecule has 1 N–H and O–H groups in total. The zero-order valence-electron chi connectivity index (χ0n) is 13.1. The summed E-state index contributed by atoms with van der Waals surface area (Å²) in [7, 11) is 0. The molecular formula is C19H26O2. The molecule has 4 aliphatic rings. The lowest BCUT2D eigenvalue weighted by atomic mass is 9.48. The average molecular weight is 286 g/mol. The van der Waals surface area contributed by atoms with Gasteiger partial charge in [0, 0.05) is 5.41 Å². The number of hydrogen-bond acceptors (Lipinski definition) is 2. The van der Waals surface area contributed by atoms with Crippen LogP contribution in [-0.4, -0.2) is 17.0 Å². The lowest BCUT2D eigenvalue weighted by Gasteiger charge is -2.56. The van der Waals surface area contributed by atoms with Gasteiger partial charge in [0.05, 0.1) is 6.10 Å². The van der Waals surface area contributed by atoms with E-state index in [2.05, 4.69) is 19.9 Å². The Labute approximate surface area is 127 Å². The molecule has 6 atom stereocenters. The van der Waals surface area contributed by atoms with E-state index < -0.39 is 0 Å². The number of rotatable bonds is 0. The molecule has 21 heavy (non-hydrogen) atoms. The van der Waals surface area contributed by atoms with Crippen LogP contribution >= 0.6 is 0 Å². The molecule has 0 aromatic heterocycles. The Morgan fingerprint density at radius 1 is 1.14 bits per heavy atom. The van der Waals surface area contributed by atoms with Crippen LogP contribution in [0.5, 0.6) is 0 Å². The molecule has 114 valence electrons. The molecule has 4 rings (SSSR count). The summed E-state index contributed by atoms with van der Waals surface area (Å²) >= 11 is 0. The van der Waals surface area contributed by atoms with Crippen LogP contribution in [0, 0.1) is 28.6 Å². The van der Waals surface area contributed by atoms with Gasteiger partial charge >= 0.3 is 0 Å². The highest BCUT2D eigenvalue weighted by molar-refractivity contribution is 6.01. The van der Waals surface area contributed by atoms with Crippen molar-refractivity contribution in [2.75, 3.05) is 0 Å². The van der Waals surface area contributed by atoms with Crippen molar-refractivity contribution in [3.05, 3.63) is 23.8 Å². The SMILES string of the molecule is CC12CCC3C(CCC4=CC(=O)C=C[C@@]43C)C1CCC2O. The molecule has 0 radical (unpaired) electrons. The standard InChI is InChI=1S/C19H26O2/c1-18-9-7-13(20)11-12(18)3-4-14-15-5-6-17(21)19(15,2)10-8-16(14)18/h7,9,11,14-17,21H,3-6,8,10H2,1-2H3/t14?,15?,16?,17?,18-,19?/m0/s1. The van der Waals surface area contributed by atoms with Crippen LogP contribution in [0.2, 0.25) is 0 Å². The molecule has 0 heterocycles. The Bertz CT molecular complexity index is 546. The van der Waals surface area contributed by atoms with Crippen molar-refractivity contribution in [1.29, 1.82) is 0 Å². The first kappa shape index (κ1) is 13.8. The molecule has 0 saturated heterocycles. The predicted octanol–water partition coefficient (Wildman–Crippen LogP) is 3.66. The molecule has 4 aliphatic carbocycles. The van der Waals surface area contributed by atoms with Crippen molar-refractivity contribution >= 4 is 5.78 Å². The van der Waals surface area contributed by atoms with E-state index in [1.165, 1.54) is 24.8 Å². The summed E-state index contributed by atoms with van der Waals surface area (Å²) < 4.78 is 0. The van der Waals surface area contributed by atoms with Crippen LogP contribution in [0.3, 0.4) is 0 Å². The molecule has 0 aromatic rings. The normalized spacial score (nSPS) is 52.0. The maximum Gasteiger partial charge on any atom is 0.178 e. The van der Waals surface area contributed by atoms with Crippen molar-refractivity contribution in [3.8, 4) is 0 Å². The second kappa shape index (κ2) is 4.32. The second-order valence-corrected chi connectivity index (χ2v) is 8.24. The first-order chi connectivity index (χ1) is 9.95. The van der Waals surface area contributed by atoms with Gasteiger partial charge in [-0.1, -0.05) is 25.5 Å². The van der Waals surface area contributed by atoms with Crippen molar-refractivity contribution < 1.29 is 9.90 Å². The minimum Gasteiger partial charge on any atom is -0.393 e. The van der Waals surface area contributed by atoms with Gasteiger partial charge in [0.1, 0.15) is 0 Å². The maximum atomic E-state index is 11.7. The van der Waals surface area contributed by atoms with Crippen molar-refractivity contribution in [1.82, 2.24) is 0 Å². The monoisotopic (exact) mass is 286 g/mol. The van der Waals surface area contributed by atoms with Gasteiger partial charge < -0.3 is 5.11 Å². The predicted molar refractivity (Wildman–Crippen MR) is 82.6 cm³/mol. The van der Waals surface area contributed by atoms with Gasteiger partial charge in [-0.3, -0.25) is 4.79 Å². The van der Waals surface area contributed by atoms with Gasteiger partial charge in [-0.25, -0.2) is 0 Å². The van der Waals surface area contributed by atoms with Crippen molar-refractivity contribution in [2.45, 2.75) is 58.5 Å². The summed E-state index contributed by atoms with van der Waals surface area (Å²) in [6, 6.07) is 0. The Hall–Kier alpha value is -0.890. The molecule has 3 saturated carbocycles. The molecule has 3 fully saturated rings. The number of carbonyl (C=O) groups excluding carboxylic acids is 1. The zero-order chi connectivity index (χ0) is 14.8. The molecule has 0 aromatic carbocycles. The summed E-state index contributed by atoms with van der Waals surface area (Å²) in [5.41, 5.74) is 1.59. The first-order valence-corrected chi connectivity index (χ1v) is 8.57. The summed E-state index contributed by atoms with van der Waals surface area (Å²) in [6.45, 7) is 4.66. The number of hydrogen-bond donors (Lipinski definition) is 1. The first-order valence-electron chi connectivity index (χ1n) is 8.57. The lowest BCUT2D eigenvalue weighted by molar-refractivity contribution is -0.111. The molecule has 0 aliphatic heterocycles. The van der Waals surface area contributed by atoms with Crippen LogP contribution < -0.4 is 0 Å². The minimum atomic E-state index is -0.100. The van der Waals surface area contributed by atoms with Crippen molar-refractivity contribution in [3.63, 3.8) is 0 Å². The van der Waals surface area contributed by atoms with Crippen LogP contribution in [0.1, 0.15) is 52.4 Å². The lowest BCUT2D eigenvalue weighted by Crippen LogP contribution is -2.50. The van der Waals surface area contributed by atoms with Gasteiger partial charge in [0.25, 0.3) is 0 Å². The number of fused-ring (bicyclic) bond motifs is 5. The van der Waals surface area contributed by atoms with Gasteiger partial charge in [-0.15, -0.1) is 0 Å². The van der Waals surface area contributed by atoms with E-state index in [0.29, 0.717) is 11.8 Å². The third-order valence-corrected chi connectivity index (χ3v) is 7.51. The van der Waals surface area contributed by atoms with E-state index >= 15 is 0 Å². The Balaban J connectivity index is 1.70. The van der Waals surface area contributed by atoms with Crippen LogP contribution in [0.15, 0.2) is 23.8 Å². The summed E-state index contributed by atoms with van der Waals surface area (Å²) in [4.78, 5) is 11.7. The van der Waals surface area contributed by atoms with E-state index in [9.17, 15) is 9.90 Å². The molecule has 2 heteroatoms. The molecular weight excluding hydrogens is 260 g/mol.